The number of aromatic nitrogens is 2. The molecule has 0 aliphatic rings. The second-order valence-electron chi connectivity index (χ2n) is 6.65. The maximum Gasteiger partial charge on any atom is 0.259 e. The molecule has 0 atom stereocenters. The van der Waals surface area contributed by atoms with Gasteiger partial charge in [-0.15, -0.1) is 11.3 Å². The van der Waals surface area contributed by atoms with Gasteiger partial charge in [0.2, 0.25) is 11.8 Å². The Hall–Kier alpha value is -3.33. The number of hydrogen-bond donors (Lipinski definition) is 3. The summed E-state index contributed by atoms with van der Waals surface area (Å²) in [5.41, 5.74) is 5.13. The van der Waals surface area contributed by atoms with Crippen molar-refractivity contribution in [3.8, 4) is 0 Å². The number of carbonyl (C=O) groups is 2. The number of aromatic amines is 1. The summed E-state index contributed by atoms with van der Waals surface area (Å²) in [6.07, 6.45) is -0.0934. The molecule has 8 nitrogen and oxygen atoms in total. The molecule has 0 unspecified atom stereocenters. The molecule has 29 heavy (non-hydrogen) atoms. The van der Waals surface area contributed by atoms with Crippen LogP contribution >= 0.6 is 11.3 Å². The average molecular weight is 411 g/mol. The number of hydrogen-bond acceptors (Lipinski definition) is 6. The number of anilines is 1. The number of carbonyl (C=O) groups excluding carboxylic acids is 2. The molecule has 0 saturated carbocycles. The number of nitrogens with zero attached hydrogens (tertiary/aromatic N) is 2. The predicted molar refractivity (Wildman–Crippen MR) is 115 cm³/mol. The summed E-state index contributed by atoms with van der Waals surface area (Å²) in [6.45, 7) is 7.00. The number of amides is 2. The van der Waals surface area contributed by atoms with Crippen molar-refractivity contribution in [2.45, 2.75) is 34.1 Å². The van der Waals surface area contributed by atoms with Crippen molar-refractivity contribution in [3.05, 3.63) is 56.4 Å². The van der Waals surface area contributed by atoms with E-state index in [1.807, 2.05) is 19.9 Å². The van der Waals surface area contributed by atoms with Crippen molar-refractivity contribution in [1.82, 2.24) is 15.4 Å². The number of fused-ring (bicyclic) bond motifs is 1. The zero-order chi connectivity index (χ0) is 21.1. The molecule has 0 aliphatic heterocycles. The van der Waals surface area contributed by atoms with Crippen LogP contribution in [0.3, 0.4) is 0 Å². The van der Waals surface area contributed by atoms with Crippen molar-refractivity contribution in [1.29, 1.82) is 0 Å². The molecule has 150 valence electrons. The summed E-state index contributed by atoms with van der Waals surface area (Å²) in [5.74, 6) is -0.267. The fourth-order valence-electron chi connectivity index (χ4n) is 2.81. The van der Waals surface area contributed by atoms with Crippen molar-refractivity contribution < 1.29 is 9.59 Å². The van der Waals surface area contributed by atoms with Crippen molar-refractivity contribution in [2.75, 3.05) is 5.32 Å². The van der Waals surface area contributed by atoms with E-state index in [0.717, 1.165) is 16.0 Å². The number of rotatable bonds is 5. The van der Waals surface area contributed by atoms with Gasteiger partial charge < -0.3 is 10.3 Å². The van der Waals surface area contributed by atoms with Crippen LogP contribution in [0, 0.1) is 13.8 Å². The van der Waals surface area contributed by atoms with Crippen LogP contribution in [0.2, 0.25) is 0 Å². The van der Waals surface area contributed by atoms with Gasteiger partial charge in [-0.05, 0) is 44.0 Å². The van der Waals surface area contributed by atoms with E-state index in [9.17, 15) is 14.4 Å². The van der Waals surface area contributed by atoms with Crippen molar-refractivity contribution in [3.63, 3.8) is 0 Å². The smallest absolute Gasteiger partial charge is 0.259 e. The van der Waals surface area contributed by atoms with E-state index in [1.54, 1.807) is 25.1 Å². The van der Waals surface area contributed by atoms with Crippen LogP contribution in [0.5, 0.6) is 0 Å². The minimum absolute atomic E-state index is 0.0934. The van der Waals surface area contributed by atoms with Crippen LogP contribution < -0.4 is 16.3 Å². The van der Waals surface area contributed by atoms with Gasteiger partial charge in [-0.2, -0.15) is 5.10 Å². The Morgan fingerprint density at radius 2 is 2.00 bits per heavy atom. The van der Waals surface area contributed by atoms with Crippen LogP contribution in [-0.2, 0) is 16.0 Å². The molecule has 3 N–H and O–H groups in total. The molecule has 0 bridgehead atoms. The third kappa shape index (κ3) is 4.75. The molecular weight excluding hydrogens is 390 g/mol. The maximum atomic E-state index is 12.3. The van der Waals surface area contributed by atoms with E-state index in [4.69, 9.17) is 0 Å². The quantitative estimate of drug-likeness (QED) is 0.442. The van der Waals surface area contributed by atoms with Crippen molar-refractivity contribution in [2.24, 2.45) is 5.10 Å². The molecule has 9 heteroatoms. The van der Waals surface area contributed by atoms with E-state index < -0.39 is 5.91 Å². The number of H-pyrrole nitrogens is 1. The first kappa shape index (κ1) is 20.4. The minimum Gasteiger partial charge on any atom is -0.326 e. The number of hydrazone groups is 1. The monoisotopic (exact) mass is 411 g/mol. The Morgan fingerprint density at radius 3 is 2.72 bits per heavy atom. The number of aryl methyl sites for hydroxylation is 2. The maximum absolute atomic E-state index is 12.3. The highest BCUT2D eigenvalue weighted by atomic mass is 32.1. The Morgan fingerprint density at radius 1 is 1.24 bits per heavy atom. The first-order valence-electron chi connectivity index (χ1n) is 8.94. The molecule has 2 heterocycles. The second kappa shape index (κ2) is 8.36. The molecule has 0 fully saturated rings. The van der Waals surface area contributed by atoms with Crippen LogP contribution in [0.25, 0.3) is 10.2 Å². The van der Waals surface area contributed by atoms with Crippen LogP contribution in [0.15, 0.2) is 34.2 Å². The van der Waals surface area contributed by atoms with E-state index in [1.165, 1.54) is 18.3 Å². The molecule has 3 rings (SSSR count). The summed E-state index contributed by atoms with van der Waals surface area (Å²) in [7, 11) is 0. The highest BCUT2D eigenvalue weighted by molar-refractivity contribution is 7.18. The highest BCUT2D eigenvalue weighted by Crippen LogP contribution is 2.25. The summed E-state index contributed by atoms with van der Waals surface area (Å²) >= 11 is 1.43. The Kier molecular flexibility index (Phi) is 5.88. The third-order valence-electron chi connectivity index (χ3n) is 4.37. The van der Waals surface area contributed by atoms with Gasteiger partial charge in [0.1, 0.15) is 10.7 Å². The number of nitrogens with one attached hydrogen (secondary N) is 3. The minimum atomic E-state index is -0.394. The third-order valence-corrected chi connectivity index (χ3v) is 5.47. The Balaban J connectivity index is 1.72. The van der Waals surface area contributed by atoms with Gasteiger partial charge in [0.05, 0.1) is 17.5 Å². The zero-order valence-electron chi connectivity index (χ0n) is 16.5. The number of benzene rings is 1. The molecule has 0 radical (unpaired) electrons. The van der Waals surface area contributed by atoms with Gasteiger partial charge >= 0.3 is 0 Å². The summed E-state index contributed by atoms with van der Waals surface area (Å²) in [5, 5.41) is 7.38. The molecule has 2 amide bonds. The summed E-state index contributed by atoms with van der Waals surface area (Å²) in [6, 6.07) is 7.14. The molecule has 2 aromatic heterocycles. The van der Waals surface area contributed by atoms with Gasteiger partial charge in [-0.1, -0.05) is 12.1 Å². The van der Waals surface area contributed by atoms with Gasteiger partial charge in [-0.3, -0.25) is 14.4 Å². The zero-order valence-corrected chi connectivity index (χ0v) is 17.4. The van der Waals surface area contributed by atoms with E-state index in [-0.39, 0.29) is 17.9 Å². The van der Waals surface area contributed by atoms with Crippen molar-refractivity contribution >= 4 is 44.8 Å². The van der Waals surface area contributed by atoms with E-state index >= 15 is 0 Å². The normalized spacial score (nSPS) is 11.5. The average Bonchev–Trinajstić information content (AvgIpc) is 2.93. The molecule has 1 aromatic carbocycles. The highest BCUT2D eigenvalue weighted by Gasteiger charge is 2.13. The van der Waals surface area contributed by atoms with Crippen LogP contribution in [0.1, 0.15) is 35.7 Å². The van der Waals surface area contributed by atoms with Gasteiger partial charge in [0.15, 0.2) is 0 Å². The molecular formula is C20H21N5O3S. The molecule has 0 spiro atoms. The largest absolute Gasteiger partial charge is 0.326 e. The first-order chi connectivity index (χ1) is 13.7. The number of thiophene rings is 1. The fourth-order valence-corrected chi connectivity index (χ4v) is 3.86. The van der Waals surface area contributed by atoms with E-state index in [2.05, 4.69) is 25.8 Å². The lowest BCUT2D eigenvalue weighted by Gasteiger charge is -2.06. The first-order valence-corrected chi connectivity index (χ1v) is 9.76. The van der Waals surface area contributed by atoms with Gasteiger partial charge in [-0.25, -0.2) is 10.4 Å². The topological polar surface area (TPSA) is 116 Å². The van der Waals surface area contributed by atoms with Gasteiger partial charge in [0.25, 0.3) is 5.56 Å². The lowest BCUT2D eigenvalue weighted by Crippen LogP contribution is -2.24. The van der Waals surface area contributed by atoms with E-state index in [0.29, 0.717) is 27.4 Å². The Labute approximate surface area is 171 Å². The van der Waals surface area contributed by atoms with Crippen LogP contribution in [-0.4, -0.2) is 27.5 Å². The summed E-state index contributed by atoms with van der Waals surface area (Å²) in [4.78, 5) is 44.4. The van der Waals surface area contributed by atoms with Gasteiger partial charge in [0, 0.05) is 17.5 Å². The lowest BCUT2D eigenvalue weighted by molar-refractivity contribution is -0.120. The second-order valence-corrected chi connectivity index (χ2v) is 7.85. The SMILES string of the molecule is CC(=O)Nc1cccc(/C(C)=N\NC(=O)Cc2nc3sc(C)c(C)c3c(=O)[nH]2)c1. The molecule has 0 saturated heterocycles. The fraction of sp³-hybridized carbons (Fsp3) is 0.250. The molecule has 3 aromatic rings. The lowest BCUT2D eigenvalue weighted by atomic mass is 10.1. The summed E-state index contributed by atoms with van der Waals surface area (Å²) < 4.78 is 0. The molecule has 0 aliphatic carbocycles. The predicted octanol–water partition coefficient (Wildman–Crippen LogP) is 2.64. The standard InChI is InChI=1S/C20H21N5O3S/c1-10-12(3)29-20-18(10)19(28)22-16(23-20)9-17(27)25-24-11(2)14-6-5-7-15(8-14)21-13(4)26/h5-8H,9H2,1-4H3,(H,21,26)(H,25,27)(H,22,23,28)/b24-11-. The van der Waals surface area contributed by atoms with Crippen LogP contribution in [0.4, 0.5) is 5.69 Å². The Bertz CT molecular complexity index is 1190.